The first-order valence-electron chi connectivity index (χ1n) is 5.87. The topological polar surface area (TPSA) is 42.7 Å². The first kappa shape index (κ1) is 11.0. The van der Waals surface area contributed by atoms with Crippen LogP contribution in [0.1, 0.15) is 15.8 Å². The van der Waals surface area contributed by atoms with Gasteiger partial charge in [-0.05, 0) is 29.0 Å². The molecule has 6 heteroatoms. The van der Waals surface area contributed by atoms with Crippen molar-refractivity contribution in [1.29, 1.82) is 0 Å². The lowest BCUT2D eigenvalue weighted by atomic mass is 10.1. The maximum atomic E-state index is 4.32. The van der Waals surface area contributed by atoms with E-state index < -0.39 is 0 Å². The fourth-order valence-corrected chi connectivity index (χ4v) is 3.66. The van der Waals surface area contributed by atoms with Crippen molar-refractivity contribution in [3.8, 4) is 0 Å². The molecule has 3 aromatic rings. The predicted octanol–water partition coefficient (Wildman–Crippen LogP) is 3.46. The van der Waals surface area contributed by atoms with Crippen molar-refractivity contribution in [2.24, 2.45) is 0 Å². The molecule has 0 saturated heterocycles. The Morgan fingerprint density at radius 2 is 2.05 bits per heavy atom. The van der Waals surface area contributed by atoms with Crippen LogP contribution in [0.25, 0.3) is 5.70 Å². The highest BCUT2D eigenvalue weighted by molar-refractivity contribution is 7.11. The normalized spacial score (nSPS) is 17.7. The van der Waals surface area contributed by atoms with E-state index in [-0.39, 0.29) is 6.04 Å². The third-order valence-electron chi connectivity index (χ3n) is 3.03. The summed E-state index contributed by atoms with van der Waals surface area (Å²) in [5, 5.41) is 11.8. The summed E-state index contributed by atoms with van der Waals surface area (Å²) in [6.07, 6.45) is 3.80. The lowest BCUT2D eigenvalue weighted by Crippen LogP contribution is -2.19. The molecule has 0 aromatic carbocycles. The molecule has 1 aliphatic rings. The Morgan fingerprint density at radius 3 is 2.84 bits per heavy atom. The van der Waals surface area contributed by atoms with Gasteiger partial charge < -0.3 is 5.32 Å². The second-order valence-corrected chi connectivity index (χ2v) is 6.10. The Bertz CT molecular complexity index is 710. The summed E-state index contributed by atoms with van der Waals surface area (Å²) in [7, 11) is 0. The van der Waals surface area contributed by atoms with E-state index in [4.69, 9.17) is 0 Å². The number of rotatable bonds is 2. The van der Waals surface area contributed by atoms with Crippen LogP contribution in [0.2, 0.25) is 0 Å². The zero-order valence-electron chi connectivity index (χ0n) is 9.85. The molecular weight excluding hydrogens is 276 g/mol. The van der Waals surface area contributed by atoms with E-state index in [1.165, 1.54) is 9.75 Å². The number of aromatic nitrogens is 3. The highest BCUT2D eigenvalue weighted by atomic mass is 32.1. The van der Waals surface area contributed by atoms with Crippen LogP contribution in [-0.2, 0) is 0 Å². The molecule has 0 saturated carbocycles. The van der Waals surface area contributed by atoms with Crippen LogP contribution in [0.4, 0.5) is 5.95 Å². The molecule has 0 spiro atoms. The van der Waals surface area contributed by atoms with E-state index in [2.05, 4.69) is 56.5 Å². The summed E-state index contributed by atoms with van der Waals surface area (Å²) in [6, 6.07) is 8.49. The molecule has 0 aliphatic carbocycles. The standard InChI is InChI=1S/C13H10N4S2/c1-3-11(18-5-1)9-7-10(12-4-2-6-19-12)17-13(16-9)14-8-15-17/h1-8,10H,(H,14,15,16). The molecule has 1 atom stereocenters. The van der Waals surface area contributed by atoms with Gasteiger partial charge in [-0.15, -0.1) is 22.7 Å². The maximum Gasteiger partial charge on any atom is 0.226 e. The van der Waals surface area contributed by atoms with Crippen LogP contribution in [-0.4, -0.2) is 14.8 Å². The van der Waals surface area contributed by atoms with Crippen LogP contribution in [0.3, 0.4) is 0 Å². The maximum absolute atomic E-state index is 4.32. The quantitative estimate of drug-likeness (QED) is 0.784. The van der Waals surface area contributed by atoms with Gasteiger partial charge in [0.2, 0.25) is 5.95 Å². The SMILES string of the molecule is C1=C(c2cccs2)Nc2ncnn2C1c1cccs1. The molecule has 0 radical (unpaired) electrons. The number of allylic oxidation sites excluding steroid dienone is 1. The fraction of sp³-hybridized carbons (Fsp3) is 0.0769. The van der Waals surface area contributed by atoms with E-state index >= 15 is 0 Å². The Hall–Kier alpha value is -1.92. The summed E-state index contributed by atoms with van der Waals surface area (Å²) in [4.78, 5) is 6.77. The van der Waals surface area contributed by atoms with E-state index in [9.17, 15) is 0 Å². The largest absolute Gasteiger partial charge is 0.323 e. The Kier molecular flexibility index (Phi) is 2.49. The summed E-state index contributed by atoms with van der Waals surface area (Å²) >= 11 is 3.46. The minimum atomic E-state index is 0.121. The van der Waals surface area contributed by atoms with Gasteiger partial charge >= 0.3 is 0 Å². The lowest BCUT2D eigenvalue weighted by Gasteiger charge is -2.22. The van der Waals surface area contributed by atoms with Crippen molar-refractivity contribution < 1.29 is 0 Å². The molecule has 4 heterocycles. The Balaban J connectivity index is 1.84. The highest BCUT2D eigenvalue weighted by Gasteiger charge is 2.24. The first-order valence-corrected chi connectivity index (χ1v) is 7.63. The van der Waals surface area contributed by atoms with Gasteiger partial charge in [-0.1, -0.05) is 12.1 Å². The molecule has 4 rings (SSSR count). The van der Waals surface area contributed by atoms with Crippen LogP contribution >= 0.6 is 22.7 Å². The van der Waals surface area contributed by atoms with Gasteiger partial charge in [0.25, 0.3) is 0 Å². The molecule has 1 unspecified atom stereocenters. The van der Waals surface area contributed by atoms with Crippen LogP contribution in [0.5, 0.6) is 0 Å². The number of fused-ring (bicyclic) bond motifs is 1. The third kappa shape index (κ3) is 1.80. The van der Waals surface area contributed by atoms with Crippen molar-refractivity contribution in [3.63, 3.8) is 0 Å². The van der Waals surface area contributed by atoms with Gasteiger partial charge in [-0.3, -0.25) is 0 Å². The smallest absolute Gasteiger partial charge is 0.226 e. The second kappa shape index (κ2) is 4.32. The van der Waals surface area contributed by atoms with Gasteiger partial charge in [0.05, 0.1) is 10.6 Å². The predicted molar refractivity (Wildman–Crippen MR) is 78.4 cm³/mol. The monoisotopic (exact) mass is 286 g/mol. The van der Waals surface area contributed by atoms with Crippen LogP contribution in [0, 0.1) is 0 Å². The molecule has 0 fully saturated rings. The molecule has 3 aromatic heterocycles. The number of nitrogens with zero attached hydrogens (tertiary/aromatic N) is 3. The minimum Gasteiger partial charge on any atom is -0.323 e. The van der Waals surface area contributed by atoms with Crippen molar-refractivity contribution in [3.05, 3.63) is 57.2 Å². The summed E-state index contributed by atoms with van der Waals surface area (Å²) in [6.45, 7) is 0. The fourth-order valence-electron chi connectivity index (χ4n) is 2.17. The number of hydrogen-bond acceptors (Lipinski definition) is 5. The summed E-state index contributed by atoms with van der Waals surface area (Å²) in [5.41, 5.74) is 1.11. The summed E-state index contributed by atoms with van der Waals surface area (Å²) < 4.78 is 1.92. The third-order valence-corrected chi connectivity index (χ3v) is 4.87. The van der Waals surface area contributed by atoms with E-state index in [1.54, 1.807) is 29.0 Å². The molecule has 19 heavy (non-hydrogen) atoms. The zero-order valence-corrected chi connectivity index (χ0v) is 11.5. The second-order valence-electron chi connectivity index (χ2n) is 4.17. The lowest BCUT2D eigenvalue weighted by molar-refractivity contribution is 0.620. The molecule has 1 aliphatic heterocycles. The molecule has 94 valence electrons. The minimum absolute atomic E-state index is 0.121. The average molecular weight is 286 g/mol. The molecule has 1 N–H and O–H groups in total. The van der Waals surface area contributed by atoms with E-state index in [1.807, 2.05) is 4.68 Å². The molecular formula is C13H10N4S2. The number of thiophene rings is 2. The molecule has 4 nitrogen and oxygen atoms in total. The van der Waals surface area contributed by atoms with Gasteiger partial charge in [-0.25, -0.2) is 4.68 Å². The van der Waals surface area contributed by atoms with Gasteiger partial charge in [-0.2, -0.15) is 10.1 Å². The van der Waals surface area contributed by atoms with Crippen molar-refractivity contribution in [1.82, 2.24) is 14.8 Å². The van der Waals surface area contributed by atoms with Crippen LogP contribution < -0.4 is 5.32 Å². The first-order chi connectivity index (χ1) is 9.42. The Labute approximate surface area is 118 Å². The van der Waals surface area contributed by atoms with Gasteiger partial charge in [0.15, 0.2) is 0 Å². The van der Waals surface area contributed by atoms with Crippen LogP contribution in [0.15, 0.2) is 47.4 Å². The Morgan fingerprint density at radius 1 is 1.16 bits per heavy atom. The van der Waals surface area contributed by atoms with Crippen molar-refractivity contribution in [2.75, 3.05) is 5.32 Å². The van der Waals surface area contributed by atoms with Crippen molar-refractivity contribution >= 4 is 34.3 Å². The number of hydrogen-bond donors (Lipinski definition) is 1. The van der Waals surface area contributed by atoms with E-state index in [0.717, 1.165) is 11.6 Å². The van der Waals surface area contributed by atoms with Gasteiger partial charge in [0, 0.05) is 4.88 Å². The zero-order chi connectivity index (χ0) is 12.7. The van der Waals surface area contributed by atoms with E-state index in [0.29, 0.717) is 0 Å². The van der Waals surface area contributed by atoms with Gasteiger partial charge in [0.1, 0.15) is 12.4 Å². The summed E-state index contributed by atoms with van der Waals surface area (Å²) in [5.74, 6) is 0.796. The number of nitrogens with one attached hydrogen (secondary N) is 1. The number of anilines is 1. The highest BCUT2D eigenvalue weighted by Crippen LogP contribution is 2.34. The molecule has 0 amide bonds. The average Bonchev–Trinajstić information content (AvgIpc) is 3.18. The van der Waals surface area contributed by atoms with Crippen molar-refractivity contribution in [2.45, 2.75) is 6.04 Å². The molecule has 0 bridgehead atoms.